The second kappa shape index (κ2) is 9.72. The summed E-state index contributed by atoms with van der Waals surface area (Å²) in [7, 11) is 0. The summed E-state index contributed by atoms with van der Waals surface area (Å²) in [6.07, 6.45) is 3.86. The van der Waals surface area contributed by atoms with Gasteiger partial charge >= 0.3 is 0 Å². The van der Waals surface area contributed by atoms with Gasteiger partial charge in [0.2, 0.25) is 11.8 Å². The Kier molecular flexibility index (Phi) is 7.63. The van der Waals surface area contributed by atoms with Crippen molar-refractivity contribution in [2.45, 2.75) is 50.8 Å². The molecule has 0 saturated carbocycles. The third-order valence-electron chi connectivity index (χ3n) is 4.49. The van der Waals surface area contributed by atoms with Gasteiger partial charge in [0.25, 0.3) is 0 Å². The lowest BCUT2D eigenvalue weighted by Gasteiger charge is -2.31. The molecule has 0 radical (unpaired) electrons. The summed E-state index contributed by atoms with van der Waals surface area (Å²) in [5.74, 6) is 0.762. The molecule has 1 aromatic carbocycles. The zero-order valence-corrected chi connectivity index (χ0v) is 15.5. The van der Waals surface area contributed by atoms with Crippen LogP contribution in [0.5, 0.6) is 0 Å². The van der Waals surface area contributed by atoms with E-state index in [-0.39, 0.29) is 17.9 Å². The van der Waals surface area contributed by atoms with Crippen LogP contribution in [0.4, 0.5) is 0 Å². The number of carbonyl (C=O) groups is 2. The number of nitrogens with zero attached hydrogens (tertiary/aromatic N) is 1. The third kappa shape index (κ3) is 6.56. The van der Waals surface area contributed by atoms with Crippen molar-refractivity contribution < 1.29 is 9.59 Å². The SMILES string of the molecule is CC(=O)N1CCC(NC(=O)CSC(C)CCc2ccccc2)CC1. The van der Waals surface area contributed by atoms with Gasteiger partial charge in [-0.15, -0.1) is 11.8 Å². The number of benzene rings is 1. The molecule has 1 heterocycles. The summed E-state index contributed by atoms with van der Waals surface area (Å²) in [6.45, 7) is 5.29. The van der Waals surface area contributed by atoms with E-state index in [2.05, 4.69) is 36.5 Å². The van der Waals surface area contributed by atoms with E-state index in [0.717, 1.165) is 38.8 Å². The van der Waals surface area contributed by atoms with Gasteiger partial charge in [-0.25, -0.2) is 0 Å². The van der Waals surface area contributed by atoms with Crippen LogP contribution in [0.25, 0.3) is 0 Å². The Balaban J connectivity index is 1.60. The van der Waals surface area contributed by atoms with Crippen LogP contribution in [0.3, 0.4) is 0 Å². The summed E-state index contributed by atoms with van der Waals surface area (Å²) in [5.41, 5.74) is 1.35. The fourth-order valence-electron chi connectivity index (χ4n) is 2.92. The smallest absolute Gasteiger partial charge is 0.230 e. The van der Waals surface area contributed by atoms with Crippen molar-refractivity contribution >= 4 is 23.6 Å². The molecule has 1 aliphatic heterocycles. The normalized spacial score (nSPS) is 16.7. The van der Waals surface area contributed by atoms with Crippen LogP contribution in [0, 0.1) is 0 Å². The van der Waals surface area contributed by atoms with E-state index in [1.54, 1.807) is 18.7 Å². The lowest BCUT2D eigenvalue weighted by molar-refractivity contribution is -0.130. The van der Waals surface area contributed by atoms with Gasteiger partial charge in [-0.1, -0.05) is 37.3 Å². The molecule has 1 N–H and O–H groups in total. The van der Waals surface area contributed by atoms with Crippen LogP contribution in [0.1, 0.15) is 38.7 Å². The van der Waals surface area contributed by atoms with E-state index >= 15 is 0 Å². The summed E-state index contributed by atoms with van der Waals surface area (Å²) in [6, 6.07) is 10.7. The number of likely N-dealkylation sites (tertiary alicyclic amines) is 1. The molecule has 0 aromatic heterocycles. The zero-order valence-electron chi connectivity index (χ0n) is 14.7. The molecule has 0 aliphatic carbocycles. The lowest BCUT2D eigenvalue weighted by atomic mass is 10.1. The molecular weight excluding hydrogens is 320 g/mol. The average molecular weight is 349 g/mol. The Morgan fingerprint density at radius 2 is 1.92 bits per heavy atom. The maximum Gasteiger partial charge on any atom is 0.230 e. The number of amides is 2. The first-order chi connectivity index (χ1) is 11.5. The summed E-state index contributed by atoms with van der Waals surface area (Å²) < 4.78 is 0. The fraction of sp³-hybridized carbons (Fsp3) is 0.579. The minimum absolute atomic E-state index is 0.118. The van der Waals surface area contributed by atoms with Gasteiger partial charge in [-0.3, -0.25) is 9.59 Å². The van der Waals surface area contributed by atoms with Crippen LogP contribution in [0.15, 0.2) is 30.3 Å². The van der Waals surface area contributed by atoms with E-state index < -0.39 is 0 Å². The topological polar surface area (TPSA) is 49.4 Å². The number of hydrogen-bond acceptors (Lipinski definition) is 3. The number of carbonyl (C=O) groups excluding carboxylic acids is 2. The highest BCUT2D eigenvalue weighted by molar-refractivity contribution is 8.00. The second-order valence-corrected chi connectivity index (χ2v) is 7.92. The molecule has 5 heteroatoms. The van der Waals surface area contributed by atoms with Crippen molar-refractivity contribution in [3.05, 3.63) is 35.9 Å². The molecule has 4 nitrogen and oxygen atoms in total. The van der Waals surface area contributed by atoms with Crippen molar-refractivity contribution in [2.24, 2.45) is 0 Å². The highest BCUT2D eigenvalue weighted by Gasteiger charge is 2.22. The number of nitrogens with one attached hydrogen (secondary N) is 1. The lowest BCUT2D eigenvalue weighted by Crippen LogP contribution is -2.46. The van der Waals surface area contributed by atoms with Crippen LogP contribution in [-0.2, 0) is 16.0 Å². The first-order valence-corrected chi connectivity index (χ1v) is 9.80. The molecule has 1 unspecified atom stereocenters. The average Bonchev–Trinajstić information content (AvgIpc) is 2.59. The van der Waals surface area contributed by atoms with Crippen molar-refractivity contribution in [1.29, 1.82) is 0 Å². The number of thioether (sulfide) groups is 1. The quantitative estimate of drug-likeness (QED) is 0.824. The van der Waals surface area contributed by atoms with Crippen LogP contribution in [-0.4, -0.2) is 46.8 Å². The molecular formula is C19H28N2O2S. The predicted octanol–water partition coefficient (Wildman–Crippen LogP) is 2.87. The monoisotopic (exact) mass is 348 g/mol. The van der Waals surface area contributed by atoms with E-state index in [1.807, 2.05) is 11.0 Å². The van der Waals surface area contributed by atoms with Gasteiger partial charge in [-0.05, 0) is 31.2 Å². The van der Waals surface area contributed by atoms with Gasteiger partial charge in [0.15, 0.2) is 0 Å². The van der Waals surface area contributed by atoms with Gasteiger partial charge in [0.05, 0.1) is 5.75 Å². The molecule has 2 rings (SSSR count). The standard InChI is InChI=1S/C19H28N2O2S/c1-15(8-9-17-6-4-3-5-7-17)24-14-19(23)20-18-10-12-21(13-11-18)16(2)22/h3-7,15,18H,8-14H2,1-2H3,(H,20,23). The molecule has 1 aromatic rings. The summed E-state index contributed by atoms with van der Waals surface area (Å²) >= 11 is 1.72. The Labute approximate surface area is 149 Å². The first-order valence-electron chi connectivity index (χ1n) is 8.75. The van der Waals surface area contributed by atoms with Gasteiger partial charge in [0, 0.05) is 31.3 Å². The molecule has 2 amide bonds. The molecule has 132 valence electrons. The maximum absolute atomic E-state index is 12.1. The number of piperidine rings is 1. The Morgan fingerprint density at radius 3 is 2.54 bits per heavy atom. The summed E-state index contributed by atoms with van der Waals surface area (Å²) in [5, 5.41) is 3.58. The summed E-state index contributed by atoms with van der Waals surface area (Å²) in [4.78, 5) is 25.2. The number of hydrogen-bond donors (Lipinski definition) is 1. The first kappa shape index (κ1) is 18.8. The molecule has 1 fully saturated rings. The maximum atomic E-state index is 12.1. The number of aryl methyl sites for hydroxylation is 1. The minimum Gasteiger partial charge on any atom is -0.353 e. The van der Waals surface area contributed by atoms with Crippen molar-refractivity contribution in [2.75, 3.05) is 18.8 Å². The second-order valence-electron chi connectivity index (χ2n) is 6.49. The molecule has 24 heavy (non-hydrogen) atoms. The van der Waals surface area contributed by atoms with E-state index in [1.165, 1.54) is 5.56 Å². The number of rotatable bonds is 7. The highest BCUT2D eigenvalue weighted by atomic mass is 32.2. The third-order valence-corrected chi connectivity index (χ3v) is 5.72. The Morgan fingerprint density at radius 1 is 1.25 bits per heavy atom. The molecule has 1 saturated heterocycles. The molecule has 0 bridgehead atoms. The largest absolute Gasteiger partial charge is 0.353 e. The molecule has 1 atom stereocenters. The minimum atomic E-state index is 0.118. The van der Waals surface area contributed by atoms with Crippen LogP contribution in [0.2, 0.25) is 0 Å². The van der Waals surface area contributed by atoms with Gasteiger partial charge in [-0.2, -0.15) is 0 Å². The van der Waals surface area contributed by atoms with Gasteiger partial charge < -0.3 is 10.2 Å². The van der Waals surface area contributed by atoms with Gasteiger partial charge in [0.1, 0.15) is 0 Å². The van der Waals surface area contributed by atoms with E-state index in [9.17, 15) is 9.59 Å². The predicted molar refractivity (Wildman–Crippen MR) is 100 cm³/mol. The highest BCUT2D eigenvalue weighted by Crippen LogP contribution is 2.17. The zero-order chi connectivity index (χ0) is 17.4. The van der Waals surface area contributed by atoms with Crippen LogP contribution < -0.4 is 5.32 Å². The van der Waals surface area contributed by atoms with Crippen molar-refractivity contribution in [1.82, 2.24) is 10.2 Å². The Bertz CT molecular complexity index is 527. The Hall–Kier alpha value is -1.49. The molecule has 1 aliphatic rings. The van der Waals surface area contributed by atoms with E-state index in [4.69, 9.17) is 0 Å². The van der Waals surface area contributed by atoms with E-state index in [0.29, 0.717) is 11.0 Å². The van der Waals surface area contributed by atoms with Crippen molar-refractivity contribution in [3.63, 3.8) is 0 Å². The fourth-order valence-corrected chi connectivity index (χ4v) is 3.73. The van der Waals surface area contributed by atoms with Crippen LogP contribution >= 0.6 is 11.8 Å². The van der Waals surface area contributed by atoms with Crippen molar-refractivity contribution in [3.8, 4) is 0 Å². The molecule has 0 spiro atoms.